The summed E-state index contributed by atoms with van der Waals surface area (Å²) in [4.78, 5) is 17.2. The highest BCUT2D eigenvalue weighted by atomic mass is 35.5. The molecule has 3 aliphatic rings. The van der Waals surface area contributed by atoms with Gasteiger partial charge in [0.15, 0.2) is 5.79 Å². The number of halogens is 1. The van der Waals surface area contributed by atoms with Crippen LogP contribution in [0.4, 0.5) is 5.69 Å². The van der Waals surface area contributed by atoms with Crippen LogP contribution >= 0.6 is 11.6 Å². The number of aryl methyl sites for hydroxylation is 1. The lowest BCUT2D eigenvalue weighted by molar-refractivity contribution is -0.181. The van der Waals surface area contributed by atoms with Crippen LogP contribution in [0.2, 0.25) is 5.02 Å². The standard InChI is InChI=1S/C23H30ClN5O5S/c1-2-28-17-18(22(30)27-9-7-23(8-10-27)33-15-16-34-23)21(25-28)35(31,32)29-13-11-26(12-14-29)20-6-4-3-5-19(20)24/h3-6,17H,2,7-16H2,1H3. The number of sulfonamides is 1. The predicted octanol–water partition coefficient (Wildman–Crippen LogP) is 2.05. The van der Waals surface area contributed by atoms with Crippen LogP contribution in [0, 0.1) is 0 Å². The van der Waals surface area contributed by atoms with E-state index in [0.717, 1.165) is 5.69 Å². The summed E-state index contributed by atoms with van der Waals surface area (Å²) in [5.41, 5.74) is 1.00. The molecular formula is C23H30ClN5O5S. The highest BCUT2D eigenvalue weighted by Crippen LogP contribution is 2.33. The average Bonchev–Trinajstić information content (AvgIpc) is 3.52. The zero-order valence-corrected chi connectivity index (χ0v) is 21.3. The summed E-state index contributed by atoms with van der Waals surface area (Å²) < 4.78 is 41.7. The average molecular weight is 524 g/mol. The van der Waals surface area contributed by atoms with Crippen LogP contribution in [0.25, 0.3) is 0 Å². The Bertz CT molecular complexity index is 1180. The van der Waals surface area contributed by atoms with E-state index in [1.54, 1.807) is 11.1 Å². The van der Waals surface area contributed by atoms with Crippen molar-refractivity contribution < 1.29 is 22.7 Å². The molecule has 0 N–H and O–H groups in total. The van der Waals surface area contributed by atoms with E-state index >= 15 is 0 Å². The summed E-state index contributed by atoms with van der Waals surface area (Å²) in [6, 6.07) is 7.53. The number of para-hydroxylation sites is 1. The molecule has 3 fully saturated rings. The van der Waals surface area contributed by atoms with Gasteiger partial charge < -0.3 is 19.3 Å². The van der Waals surface area contributed by atoms with Crippen molar-refractivity contribution in [3.63, 3.8) is 0 Å². The Balaban J connectivity index is 1.33. The SMILES string of the molecule is CCn1cc(C(=O)N2CCC3(CC2)OCCO3)c(S(=O)(=O)N2CCN(c3ccccc3Cl)CC2)n1. The van der Waals surface area contributed by atoms with Gasteiger partial charge in [-0.2, -0.15) is 9.40 Å². The molecule has 0 saturated carbocycles. The van der Waals surface area contributed by atoms with Gasteiger partial charge in [0.2, 0.25) is 5.03 Å². The molecule has 0 unspecified atom stereocenters. The molecule has 1 aromatic carbocycles. The van der Waals surface area contributed by atoms with Crippen LogP contribution in [-0.4, -0.2) is 91.6 Å². The van der Waals surface area contributed by atoms with Crippen molar-refractivity contribution in [2.45, 2.75) is 37.1 Å². The number of hydrogen-bond donors (Lipinski definition) is 0. The number of carbonyl (C=O) groups excluding carboxylic acids is 1. The molecule has 3 aliphatic heterocycles. The molecule has 12 heteroatoms. The topological polar surface area (TPSA) is 97.2 Å². The van der Waals surface area contributed by atoms with E-state index in [-0.39, 0.29) is 29.6 Å². The Hall–Kier alpha value is -2.18. The van der Waals surface area contributed by atoms with Crippen LogP contribution in [-0.2, 0) is 26.0 Å². The molecule has 1 spiro atoms. The summed E-state index contributed by atoms with van der Waals surface area (Å²) in [7, 11) is -3.96. The minimum absolute atomic E-state index is 0.115. The smallest absolute Gasteiger partial charge is 0.263 e. The molecular weight excluding hydrogens is 494 g/mol. The number of aromatic nitrogens is 2. The van der Waals surface area contributed by atoms with Crippen molar-refractivity contribution in [1.82, 2.24) is 19.0 Å². The van der Waals surface area contributed by atoms with Crippen molar-refractivity contribution in [2.24, 2.45) is 0 Å². The van der Waals surface area contributed by atoms with Crippen LogP contribution in [0.1, 0.15) is 30.1 Å². The Morgan fingerprint density at radius 2 is 1.71 bits per heavy atom. The van der Waals surface area contributed by atoms with Crippen LogP contribution in [0.5, 0.6) is 0 Å². The van der Waals surface area contributed by atoms with Crippen molar-refractivity contribution in [3.05, 3.63) is 41.0 Å². The molecule has 0 bridgehead atoms. The van der Waals surface area contributed by atoms with E-state index in [9.17, 15) is 13.2 Å². The number of piperazine rings is 1. The van der Waals surface area contributed by atoms with E-state index < -0.39 is 15.8 Å². The number of piperidine rings is 1. The van der Waals surface area contributed by atoms with Crippen molar-refractivity contribution in [2.75, 3.05) is 57.4 Å². The summed E-state index contributed by atoms with van der Waals surface area (Å²) in [5.74, 6) is -0.938. The number of carbonyl (C=O) groups is 1. The number of hydrogen-bond acceptors (Lipinski definition) is 7. The molecule has 2 aromatic rings. The molecule has 10 nitrogen and oxygen atoms in total. The number of amides is 1. The van der Waals surface area contributed by atoms with Gasteiger partial charge >= 0.3 is 0 Å². The lowest BCUT2D eigenvalue weighted by atomic mass is 10.0. The first-order chi connectivity index (χ1) is 16.8. The summed E-state index contributed by atoms with van der Waals surface area (Å²) in [5, 5.41) is 4.77. The Morgan fingerprint density at radius 3 is 2.34 bits per heavy atom. The third-order valence-corrected chi connectivity index (χ3v) is 9.08. The highest BCUT2D eigenvalue weighted by Gasteiger charge is 2.42. The molecule has 1 amide bonds. The van der Waals surface area contributed by atoms with Crippen LogP contribution in [0.3, 0.4) is 0 Å². The number of anilines is 1. The molecule has 0 aliphatic carbocycles. The van der Waals surface area contributed by atoms with Crippen molar-refractivity contribution >= 4 is 33.2 Å². The third kappa shape index (κ3) is 4.67. The summed E-state index contributed by atoms with van der Waals surface area (Å²) in [6.07, 6.45) is 2.67. The normalized spacial score (nSPS) is 21.1. The van der Waals surface area contributed by atoms with E-state index in [2.05, 4.69) is 10.00 Å². The number of ether oxygens (including phenoxy) is 2. The minimum atomic E-state index is -3.96. The van der Waals surface area contributed by atoms with Gasteiger partial charge in [-0.3, -0.25) is 9.48 Å². The van der Waals surface area contributed by atoms with Crippen molar-refractivity contribution in [1.29, 1.82) is 0 Å². The van der Waals surface area contributed by atoms with Gasteiger partial charge in [0, 0.05) is 64.9 Å². The zero-order chi connectivity index (χ0) is 24.6. The monoisotopic (exact) mass is 523 g/mol. The summed E-state index contributed by atoms with van der Waals surface area (Å²) in [6.45, 7) is 5.86. The fourth-order valence-corrected chi connectivity index (χ4v) is 6.68. The second-order valence-corrected chi connectivity index (χ2v) is 11.2. The maximum atomic E-state index is 13.6. The van der Waals surface area contributed by atoms with E-state index in [1.165, 1.54) is 8.99 Å². The Labute approximate surface area is 210 Å². The van der Waals surface area contributed by atoms with Gasteiger partial charge in [-0.05, 0) is 19.1 Å². The minimum Gasteiger partial charge on any atom is -0.368 e. The second-order valence-electron chi connectivity index (χ2n) is 8.95. The van der Waals surface area contributed by atoms with Crippen molar-refractivity contribution in [3.8, 4) is 0 Å². The number of nitrogens with zero attached hydrogens (tertiary/aromatic N) is 5. The molecule has 0 radical (unpaired) electrons. The van der Waals surface area contributed by atoms with Gasteiger partial charge in [-0.15, -0.1) is 0 Å². The quantitative estimate of drug-likeness (QED) is 0.591. The molecule has 0 atom stereocenters. The lowest BCUT2D eigenvalue weighted by Gasteiger charge is -2.37. The molecule has 3 saturated heterocycles. The van der Waals surface area contributed by atoms with Gasteiger partial charge in [-0.1, -0.05) is 23.7 Å². The fraction of sp³-hybridized carbons (Fsp3) is 0.565. The fourth-order valence-electron chi connectivity index (χ4n) is 4.91. The number of rotatable bonds is 5. The van der Waals surface area contributed by atoms with Gasteiger partial charge in [0.05, 0.1) is 29.5 Å². The van der Waals surface area contributed by atoms with Gasteiger partial charge in [0.1, 0.15) is 0 Å². The largest absolute Gasteiger partial charge is 0.368 e. The molecule has 5 rings (SSSR count). The van der Waals surface area contributed by atoms with Gasteiger partial charge in [0.25, 0.3) is 15.9 Å². The Morgan fingerprint density at radius 1 is 1.06 bits per heavy atom. The van der Waals surface area contributed by atoms with Gasteiger partial charge in [-0.25, -0.2) is 8.42 Å². The second kappa shape index (κ2) is 9.70. The number of likely N-dealkylation sites (tertiary alicyclic amines) is 1. The highest BCUT2D eigenvalue weighted by molar-refractivity contribution is 7.89. The molecule has 190 valence electrons. The maximum absolute atomic E-state index is 13.6. The van der Waals surface area contributed by atoms with E-state index in [1.807, 2.05) is 31.2 Å². The summed E-state index contributed by atoms with van der Waals surface area (Å²) >= 11 is 6.32. The Kier molecular flexibility index (Phi) is 6.79. The molecule has 35 heavy (non-hydrogen) atoms. The van der Waals surface area contributed by atoms with Crippen LogP contribution < -0.4 is 4.90 Å². The van der Waals surface area contributed by atoms with E-state index in [0.29, 0.717) is 63.8 Å². The predicted molar refractivity (Wildman–Crippen MR) is 130 cm³/mol. The molecule has 4 heterocycles. The lowest BCUT2D eigenvalue weighted by Crippen LogP contribution is -2.49. The first-order valence-electron chi connectivity index (χ1n) is 12.0. The van der Waals surface area contributed by atoms with E-state index in [4.69, 9.17) is 21.1 Å². The first kappa shape index (κ1) is 24.5. The third-order valence-electron chi connectivity index (χ3n) is 6.92. The number of benzene rings is 1. The molecule has 1 aromatic heterocycles. The zero-order valence-electron chi connectivity index (χ0n) is 19.7. The first-order valence-corrected chi connectivity index (χ1v) is 13.8. The van der Waals surface area contributed by atoms with Crippen LogP contribution in [0.15, 0.2) is 35.5 Å². The maximum Gasteiger partial charge on any atom is 0.263 e.